The van der Waals surface area contributed by atoms with E-state index >= 15 is 0 Å². The third-order valence-electron chi connectivity index (χ3n) is 12.7. The van der Waals surface area contributed by atoms with Gasteiger partial charge in [-0.2, -0.15) is 0 Å². The molecule has 0 saturated carbocycles. The highest BCUT2D eigenvalue weighted by atomic mass is 16.8. The van der Waals surface area contributed by atoms with Crippen LogP contribution in [0.4, 0.5) is 0 Å². The number of hydrogen-bond donors (Lipinski definition) is 12. The Morgan fingerprint density at radius 3 is 1.51 bits per heavy atom. The van der Waals surface area contributed by atoms with Crippen LogP contribution >= 0.6 is 0 Å². The molecule has 17 unspecified atom stereocenters. The monoisotopic (exact) mass is 978 g/mol. The second-order valence-corrected chi connectivity index (χ2v) is 18.3. The molecule has 68 heavy (non-hydrogen) atoms. The van der Waals surface area contributed by atoms with E-state index in [1.54, 1.807) is 6.08 Å². The van der Waals surface area contributed by atoms with Gasteiger partial charge in [-0.1, -0.05) is 115 Å². The van der Waals surface area contributed by atoms with Gasteiger partial charge in [-0.25, -0.2) is 0 Å². The van der Waals surface area contributed by atoms with Crippen LogP contribution in [0.3, 0.4) is 0 Å². The van der Waals surface area contributed by atoms with Gasteiger partial charge in [0, 0.05) is 6.42 Å². The molecule has 17 atom stereocenters. The smallest absolute Gasteiger partial charge is 0.220 e. The van der Waals surface area contributed by atoms with Crippen LogP contribution in [0.2, 0.25) is 0 Å². The van der Waals surface area contributed by atoms with E-state index < -0.39 is 124 Å². The van der Waals surface area contributed by atoms with Crippen molar-refractivity contribution in [3.8, 4) is 0 Å². The van der Waals surface area contributed by atoms with Crippen LogP contribution in [0.25, 0.3) is 0 Å². The van der Waals surface area contributed by atoms with Crippen LogP contribution in [0.15, 0.2) is 36.5 Å². The molecule has 12 N–H and O–H groups in total. The third kappa shape index (κ3) is 20.3. The Balaban J connectivity index is 1.59. The van der Waals surface area contributed by atoms with Crippen LogP contribution in [-0.4, -0.2) is 193 Å². The van der Waals surface area contributed by atoms with Gasteiger partial charge in [0.15, 0.2) is 18.9 Å². The number of carbonyl (C=O) groups excluding carboxylic acids is 1. The Labute approximate surface area is 402 Å². The van der Waals surface area contributed by atoms with Crippen molar-refractivity contribution in [2.24, 2.45) is 0 Å². The van der Waals surface area contributed by atoms with Gasteiger partial charge >= 0.3 is 0 Å². The largest absolute Gasteiger partial charge is 0.394 e. The zero-order valence-corrected chi connectivity index (χ0v) is 40.3. The molecule has 3 saturated heterocycles. The van der Waals surface area contributed by atoms with Gasteiger partial charge in [-0.05, 0) is 51.4 Å². The number of nitrogens with one attached hydrogen (secondary N) is 1. The number of carbonyl (C=O) groups is 1. The van der Waals surface area contributed by atoms with Gasteiger partial charge < -0.3 is 89.9 Å². The van der Waals surface area contributed by atoms with Crippen molar-refractivity contribution in [2.75, 3.05) is 26.4 Å². The lowest BCUT2D eigenvalue weighted by molar-refractivity contribution is -0.379. The zero-order valence-electron chi connectivity index (χ0n) is 40.3. The summed E-state index contributed by atoms with van der Waals surface area (Å²) in [6, 6.07) is -0.989. The van der Waals surface area contributed by atoms with Gasteiger partial charge in [0.05, 0.1) is 38.6 Å². The molecule has 0 aromatic heterocycles. The average Bonchev–Trinajstić information content (AvgIpc) is 3.33. The van der Waals surface area contributed by atoms with Gasteiger partial charge in [-0.3, -0.25) is 4.79 Å². The molecule has 19 nitrogen and oxygen atoms in total. The van der Waals surface area contributed by atoms with E-state index in [9.17, 15) is 61.0 Å². The first-order valence-electron chi connectivity index (χ1n) is 25.2. The van der Waals surface area contributed by atoms with Crippen molar-refractivity contribution in [1.82, 2.24) is 5.32 Å². The van der Waals surface area contributed by atoms with E-state index in [1.807, 2.05) is 6.08 Å². The van der Waals surface area contributed by atoms with E-state index in [-0.39, 0.29) is 18.9 Å². The normalized spacial score (nSPS) is 33.5. The summed E-state index contributed by atoms with van der Waals surface area (Å²) >= 11 is 0. The Hall–Kier alpha value is -1.99. The lowest BCUT2D eigenvalue weighted by Gasteiger charge is -2.48. The number of amides is 1. The summed E-state index contributed by atoms with van der Waals surface area (Å²) < 4.78 is 34.0. The number of ether oxygens (including phenoxy) is 6. The molecule has 3 rings (SSSR count). The highest BCUT2D eigenvalue weighted by Crippen LogP contribution is 2.33. The summed E-state index contributed by atoms with van der Waals surface area (Å²) in [6.07, 6.45) is 4.50. The maximum atomic E-state index is 13.2. The van der Waals surface area contributed by atoms with Crippen LogP contribution < -0.4 is 5.32 Å². The first kappa shape index (κ1) is 60.3. The molecule has 0 spiro atoms. The average molecular weight is 978 g/mol. The van der Waals surface area contributed by atoms with Crippen molar-refractivity contribution in [3.05, 3.63) is 36.5 Å². The summed E-state index contributed by atoms with van der Waals surface area (Å²) in [5.74, 6) is -0.301. The van der Waals surface area contributed by atoms with E-state index in [1.165, 1.54) is 44.9 Å². The van der Waals surface area contributed by atoms with Crippen LogP contribution in [0.5, 0.6) is 0 Å². The van der Waals surface area contributed by atoms with Gasteiger partial charge in [0.1, 0.15) is 73.2 Å². The van der Waals surface area contributed by atoms with Crippen molar-refractivity contribution in [3.63, 3.8) is 0 Å². The molecular formula is C49H87NO18. The van der Waals surface area contributed by atoms with Crippen molar-refractivity contribution >= 4 is 5.91 Å². The fraction of sp³-hybridized carbons (Fsp3) is 0.857. The van der Waals surface area contributed by atoms with E-state index in [4.69, 9.17) is 28.4 Å². The first-order chi connectivity index (χ1) is 32.8. The predicted octanol–water partition coefficient (Wildman–Crippen LogP) is 1.42. The molecule has 0 bridgehead atoms. The minimum atomic E-state index is -1.98. The first-order valence-corrected chi connectivity index (χ1v) is 25.2. The van der Waals surface area contributed by atoms with Crippen LogP contribution in [-0.2, 0) is 33.2 Å². The Bertz CT molecular complexity index is 1400. The van der Waals surface area contributed by atoms with Crippen LogP contribution in [0, 0.1) is 0 Å². The van der Waals surface area contributed by atoms with E-state index in [0.29, 0.717) is 12.8 Å². The second kappa shape index (κ2) is 34.4. The fourth-order valence-electron chi connectivity index (χ4n) is 8.36. The van der Waals surface area contributed by atoms with Gasteiger partial charge in [-0.15, -0.1) is 0 Å². The summed E-state index contributed by atoms with van der Waals surface area (Å²) in [7, 11) is 0. The second-order valence-electron chi connectivity index (χ2n) is 18.3. The molecule has 0 aromatic carbocycles. The number of hydrogen-bond acceptors (Lipinski definition) is 18. The Morgan fingerprint density at radius 1 is 0.515 bits per heavy atom. The topological polar surface area (TPSA) is 307 Å². The third-order valence-corrected chi connectivity index (χ3v) is 12.7. The molecule has 3 fully saturated rings. The SMILES string of the molecule is CCCC/C=C\CCCCCCCC(=O)NC(COC1OC(CO)C(OC2OC(CO)C(OC3OC(CO)C(O)C(O)C3O)C(O)C2O)C(O)C1O)C(O)/C=C/CC/C=C/CCCCCCCC. The molecule has 0 aromatic rings. The van der Waals surface area contributed by atoms with E-state index in [2.05, 4.69) is 43.5 Å². The molecule has 1 amide bonds. The summed E-state index contributed by atoms with van der Waals surface area (Å²) in [5.41, 5.74) is 0. The molecule has 396 valence electrons. The minimum Gasteiger partial charge on any atom is -0.394 e. The molecule has 19 heteroatoms. The van der Waals surface area contributed by atoms with Crippen molar-refractivity contribution in [2.45, 2.75) is 240 Å². The molecule has 3 heterocycles. The maximum Gasteiger partial charge on any atom is 0.220 e. The van der Waals surface area contributed by atoms with Gasteiger partial charge in [0.25, 0.3) is 0 Å². The number of aliphatic hydroxyl groups is 11. The number of allylic oxidation sites excluding steroid dienone is 5. The van der Waals surface area contributed by atoms with Crippen LogP contribution in [0.1, 0.15) is 136 Å². The Morgan fingerprint density at radius 2 is 0.956 bits per heavy atom. The zero-order chi connectivity index (χ0) is 49.8. The lowest BCUT2D eigenvalue weighted by atomic mass is 9.96. The number of aliphatic hydroxyl groups excluding tert-OH is 11. The van der Waals surface area contributed by atoms with E-state index in [0.717, 1.165) is 57.8 Å². The summed E-state index contributed by atoms with van der Waals surface area (Å²) in [5, 5.41) is 119. The predicted molar refractivity (Wildman–Crippen MR) is 249 cm³/mol. The standard InChI is InChI=1S/C49H87NO18/c1-3-5-7-9-11-13-15-17-18-20-22-24-26-33(54)32(50-37(55)27-25-23-21-19-16-14-12-10-8-6-4-2)31-63-47-43(61)40(58)45(35(29-52)65-47)68-49-44(62)41(59)46(36(30-53)66-49)67-48-42(60)39(57)38(56)34(28-51)64-48/h10,12,17-18,24,26,32-36,38-49,51-54,56-62H,3-9,11,13-16,19-23,25,27-31H2,1-2H3,(H,50,55)/b12-10-,18-17+,26-24+. The highest BCUT2D eigenvalue weighted by Gasteiger charge is 2.53. The summed E-state index contributed by atoms with van der Waals surface area (Å²) in [6.45, 7) is 1.58. The fourth-order valence-corrected chi connectivity index (χ4v) is 8.36. The minimum absolute atomic E-state index is 0.224. The number of unbranched alkanes of at least 4 members (excludes halogenated alkanes) is 14. The summed E-state index contributed by atoms with van der Waals surface area (Å²) in [4.78, 5) is 13.2. The Kier molecular flexibility index (Phi) is 30.5. The van der Waals surface area contributed by atoms with Crippen molar-refractivity contribution < 1.29 is 89.4 Å². The van der Waals surface area contributed by atoms with Gasteiger partial charge in [0.2, 0.25) is 5.91 Å². The molecule has 0 aliphatic carbocycles. The maximum absolute atomic E-state index is 13.2. The molecule has 3 aliphatic heterocycles. The molecule has 0 radical (unpaired) electrons. The lowest BCUT2D eigenvalue weighted by Crippen LogP contribution is -2.66. The quantitative estimate of drug-likeness (QED) is 0.0321. The molecular weight excluding hydrogens is 891 g/mol. The number of rotatable bonds is 34. The highest BCUT2D eigenvalue weighted by molar-refractivity contribution is 5.76. The van der Waals surface area contributed by atoms with Crippen molar-refractivity contribution in [1.29, 1.82) is 0 Å². The molecule has 3 aliphatic rings.